The van der Waals surface area contributed by atoms with Crippen LogP contribution >= 0.6 is 0 Å². The Labute approximate surface area is 103 Å². The third-order valence-corrected chi connectivity index (χ3v) is 3.38. The first-order chi connectivity index (χ1) is 8.19. The predicted molar refractivity (Wildman–Crippen MR) is 70.0 cm³/mol. The molecule has 0 spiro atoms. The van der Waals surface area contributed by atoms with E-state index in [1.807, 2.05) is 18.2 Å². The van der Waals surface area contributed by atoms with E-state index in [0.717, 1.165) is 17.2 Å². The standard InChI is InChI=1S/C14H20N2O/c1-10-7-12(8-10)16-13-6-4-3-5-11(13)9-14(17)15-2/h3-6,10,12,16H,7-9H2,1-2H3,(H,15,17). The van der Waals surface area contributed by atoms with Crippen molar-refractivity contribution in [3.8, 4) is 0 Å². The molecule has 1 amide bonds. The molecule has 3 nitrogen and oxygen atoms in total. The summed E-state index contributed by atoms with van der Waals surface area (Å²) in [4.78, 5) is 11.4. The molecule has 1 aromatic carbocycles. The fourth-order valence-corrected chi connectivity index (χ4v) is 2.32. The summed E-state index contributed by atoms with van der Waals surface area (Å²) in [5.74, 6) is 0.889. The molecule has 0 unspecified atom stereocenters. The number of amides is 1. The summed E-state index contributed by atoms with van der Waals surface area (Å²) in [7, 11) is 1.67. The molecule has 0 bridgehead atoms. The number of carbonyl (C=O) groups is 1. The summed E-state index contributed by atoms with van der Waals surface area (Å²) in [5, 5.41) is 6.19. The van der Waals surface area contributed by atoms with Crippen molar-refractivity contribution in [2.75, 3.05) is 12.4 Å². The first kappa shape index (κ1) is 12.0. The third-order valence-electron chi connectivity index (χ3n) is 3.38. The van der Waals surface area contributed by atoms with E-state index < -0.39 is 0 Å². The van der Waals surface area contributed by atoms with Crippen LogP contribution in [0.4, 0.5) is 5.69 Å². The second kappa shape index (κ2) is 5.21. The summed E-state index contributed by atoms with van der Waals surface area (Å²) < 4.78 is 0. The van der Waals surface area contributed by atoms with Crippen LogP contribution in [0, 0.1) is 5.92 Å². The molecular weight excluding hydrogens is 212 g/mol. The molecule has 17 heavy (non-hydrogen) atoms. The second-order valence-corrected chi connectivity index (χ2v) is 4.92. The Balaban J connectivity index is 2.02. The van der Waals surface area contributed by atoms with Gasteiger partial charge in [-0.15, -0.1) is 0 Å². The fraction of sp³-hybridized carbons (Fsp3) is 0.500. The van der Waals surface area contributed by atoms with Gasteiger partial charge in [0.1, 0.15) is 0 Å². The van der Waals surface area contributed by atoms with Gasteiger partial charge in [0.05, 0.1) is 6.42 Å². The highest BCUT2D eigenvalue weighted by molar-refractivity contribution is 5.80. The number of hydrogen-bond acceptors (Lipinski definition) is 2. The van der Waals surface area contributed by atoms with Crippen molar-refractivity contribution in [2.45, 2.75) is 32.2 Å². The normalized spacial score (nSPS) is 22.7. The van der Waals surface area contributed by atoms with Crippen molar-refractivity contribution in [2.24, 2.45) is 5.92 Å². The largest absolute Gasteiger partial charge is 0.382 e. The molecule has 0 saturated heterocycles. The summed E-state index contributed by atoms with van der Waals surface area (Å²) in [6.07, 6.45) is 2.91. The maximum absolute atomic E-state index is 11.4. The van der Waals surface area contributed by atoms with Crippen LogP contribution in [0.15, 0.2) is 24.3 Å². The van der Waals surface area contributed by atoms with E-state index in [0.29, 0.717) is 12.5 Å². The van der Waals surface area contributed by atoms with Crippen LogP contribution in [0.25, 0.3) is 0 Å². The Bertz CT molecular complexity index is 397. The first-order valence-electron chi connectivity index (χ1n) is 6.24. The predicted octanol–water partition coefficient (Wildman–Crippen LogP) is 2.19. The summed E-state index contributed by atoms with van der Waals surface area (Å²) in [6, 6.07) is 8.64. The van der Waals surface area contributed by atoms with Crippen LogP contribution in [-0.4, -0.2) is 19.0 Å². The van der Waals surface area contributed by atoms with Crippen LogP contribution in [0.2, 0.25) is 0 Å². The Morgan fingerprint density at radius 2 is 2.06 bits per heavy atom. The Morgan fingerprint density at radius 1 is 1.35 bits per heavy atom. The van der Waals surface area contributed by atoms with Gasteiger partial charge in [-0.1, -0.05) is 25.1 Å². The summed E-state index contributed by atoms with van der Waals surface area (Å²) >= 11 is 0. The van der Waals surface area contributed by atoms with Crippen molar-refractivity contribution in [3.05, 3.63) is 29.8 Å². The minimum atomic E-state index is 0.0567. The van der Waals surface area contributed by atoms with Gasteiger partial charge in [0.2, 0.25) is 5.91 Å². The van der Waals surface area contributed by atoms with Crippen molar-refractivity contribution in [3.63, 3.8) is 0 Å². The molecule has 0 heterocycles. The zero-order chi connectivity index (χ0) is 12.3. The highest BCUT2D eigenvalue weighted by Crippen LogP contribution is 2.30. The lowest BCUT2D eigenvalue weighted by Crippen LogP contribution is -2.34. The van der Waals surface area contributed by atoms with E-state index in [2.05, 4.69) is 23.6 Å². The monoisotopic (exact) mass is 232 g/mol. The molecule has 0 atom stereocenters. The number of rotatable bonds is 4. The molecule has 2 rings (SSSR count). The van der Waals surface area contributed by atoms with Gasteiger partial charge >= 0.3 is 0 Å². The van der Waals surface area contributed by atoms with Crippen molar-refractivity contribution in [1.29, 1.82) is 0 Å². The lowest BCUT2D eigenvalue weighted by atomic mass is 9.81. The Kier molecular flexibility index (Phi) is 3.67. The van der Waals surface area contributed by atoms with Crippen LogP contribution in [0.3, 0.4) is 0 Å². The van der Waals surface area contributed by atoms with Gasteiger partial charge in [0.15, 0.2) is 0 Å². The number of likely N-dealkylation sites (N-methyl/N-ethyl adjacent to an activating group) is 1. The number of nitrogens with one attached hydrogen (secondary N) is 2. The molecular formula is C14H20N2O. The number of anilines is 1. The Morgan fingerprint density at radius 3 is 2.71 bits per heavy atom. The zero-order valence-electron chi connectivity index (χ0n) is 10.5. The van der Waals surface area contributed by atoms with Crippen LogP contribution < -0.4 is 10.6 Å². The minimum absolute atomic E-state index is 0.0567. The molecule has 1 aliphatic carbocycles. The molecule has 1 saturated carbocycles. The summed E-state index contributed by atoms with van der Waals surface area (Å²) in [5.41, 5.74) is 2.18. The van der Waals surface area contributed by atoms with E-state index in [1.54, 1.807) is 7.05 Å². The lowest BCUT2D eigenvalue weighted by molar-refractivity contribution is -0.119. The van der Waals surface area contributed by atoms with Gasteiger partial charge in [0.25, 0.3) is 0 Å². The smallest absolute Gasteiger partial charge is 0.224 e. The molecule has 0 radical (unpaired) electrons. The van der Waals surface area contributed by atoms with E-state index in [1.165, 1.54) is 12.8 Å². The molecule has 1 fully saturated rings. The number of benzene rings is 1. The molecule has 0 aliphatic heterocycles. The maximum atomic E-state index is 11.4. The lowest BCUT2D eigenvalue weighted by Gasteiger charge is -2.34. The minimum Gasteiger partial charge on any atom is -0.382 e. The number of hydrogen-bond donors (Lipinski definition) is 2. The van der Waals surface area contributed by atoms with E-state index in [9.17, 15) is 4.79 Å². The van der Waals surface area contributed by atoms with Gasteiger partial charge < -0.3 is 10.6 Å². The van der Waals surface area contributed by atoms with Crippen molar-refractivity contribution in [1.82, 2.24) is 5.32 Å². The second-order valence-electron chi connectivity index (χ2n) is 4.92. The van der Waals surface area contributed by atoms with Gasteiger partial charge in [-0.3, -0.25) is 4.79 Å². The average molecular weight is 232 g/mol. The van der Waals surface area contributed by atoms with E-state index in [4.69, 9.17) is 0 Å². The van der Waals surface area contributed by atoms with Gasteiger partial charge in [0, 0.05) is 18.8 Å². The van der Waals surface area contributed by atoms with E-state index in [-0.39, 0.29) is 5.91 Å². The topological polar surface area (TPSA) is 41.1 Å². The van der Waals surface area contributed by atoms with Crippen molar-refractivity contribution >= 4 is 11.6 Å². The average Bonchev–Trinajstić information content (AvgIpc) is 2.29. The molecule has 2 N–H and O–H groups in total. The summed E-state index contributed by atoms with van der Waals surface area (Å²) in [6.45, 7) is 2.27. The van der Waals surface area contributed by atoms with Gasteiger partial charge in [-0.25, -0.2) is 0 Å². The van der Waals surface area contributed by atoms with Crippen molar-refractivity contribution < 1.29 is 4.79 Å². The van der Waals surface area contributed by atoms with Crippen LogP contribution in [0.5, 0.6) is 0 Å². The number of para-hydroxylation sites is 1. The SMILES string of the molecule is CNC(=O)Cc1ccccc1NC1CC(C)C1. The van der Waals surface area contributed by atoms with Crippen LogP contribution in [-0.2, 0) is 11.2 Å². The molecule has 3 heteroatoms. The molecule has 92 valence electrons. The maximum Gasteiger partial charge on any atom is 0.224 e. The van der Waals surface area contributed by atoms with Gasteiger partial charge in [-0.2, -0.15) is 0 Å². The number of carbonyl (C=O) groups excluding carboxylic acids is 1. The Hall–Kier alpha value is -1.51. The molecule has 0 aromatic heterocycles. The van der Waals surface area contributed by atoms with E-state index >= 15 is 0 Å². The quantitative estimate of drug-likeness (QED) is 0.835. The third kappa shape index (κ3) is 2.99. The first-order valence-corrected chi connectivity index (χ1v) is 6.24. The highest BCUT2D eigenvalue weighted by Gasteiger charge is 2.25. The fourth-order valence-electron chi connectivity index (χ4n) is 2.32. The van der Waals surface area contributed by atoms with Gasteiger partial charge in [-0.05, 0) is 30.4 Å². The highest BCUT2D eigenvalue weighted by atomic mass is 16.1. The molecule has 1 aromatic rings. The molecule has 1 aliphatic rings. The van der Waals surface area contributed by atoms with Crippen LogP contribution in [0.1, 0.15) is 25.3 Å². The zero-order valence-corrected chi connectivity index (χ0v) is 10.5.